The van der Waals surface area contributed by atoms with Gasteiger partial charge in [0.05, 0.1) is 6.20 Å². The van der Waals surface area contributed by atoms with Crippen molar-refractivity contribution in [3.05, 3.63) is 78.0 Å². The molecule has 0 atom stereocenters. The lowest BCUT2D eigenvalue weighted by molar-refractivity contribution is 0.855. The Morgan fingerprint density at radius 2 is 1.50 bits per heavy atom. The highest BCUT2D eigenvalue weighted by atomic mass is 32.1. The topological polar surface area (TPSA) is 37.8 Å². The number of hydrogen-bond donors (Lipinski definition) is 1. The van der Waals surface area contributed by atoms with Crippen LogP contribution < -0.4 is 5.32 Å². The Kier molecular flexibility index (Phi) is 4.04. The smallest absolute Gasteiger partial charge is 0.130 e. The fourth-order valence-corrected chi connectivity index (χ4v) is 2.67. The van der Waals surface area contributed by atoms with Crippen LogP contribution in [-0.2, 0) is 0 Å². The Hall–Kier alpha value is -2.20. The third kappa shape index (κ3) is 3.03. The second-order valence-electron chi connectivity index (χ2n) is 4.54. The molecule has 2 aromatic carbocycles. The second-order valence-corrected chi connectivity index (χ2v) is 5.32. The van der Waals surface area contributed by atoms with Gasteiger partial charge < -0.3 is 5.32 Å². The van der Waals surface area contributed by atoms with Crippen molar-refractivity contribution in [1.82, 2.24) is 9.59 Å². The van der Waals surface area contributed by atoms with E-state index in [1.807, 2.05) is 12.1 Å². The van der Waals surface area contributed by atoms with Crippen LogP contribution in [0.15, 0.2) is 66.9 Å². The number of benzene rings is 2. The number of nitrogens with one attached hydrogen (secondary N) is 1. The van der Waals surface area contributed by atoms with Gasteiger partial charge >= 0.3 is 0 Å². The zero-order chi connectivity index (χ0) is 13.6. The van der Waals surface area contributed by atoms with Gasteiger partial charge in [0.15, 0.2) is 0 Å². The van der Waals surface area contributed by atoms with Gasteiger partial charge in [-0.05, 0) is 11.1 Å². The summed E-state index contributed by atoms with van der Waals surface area (Å²) in [5.74, 6) is 0.319. The van der Waals surface area contributed by atoms with Gasteiger partial charge in [-0.3, -0.25) is 0 Å². The summed E-state index contributed by atoms with van der Waals surface area (Å²) >= 11 is 1.38. The van der Waals surface area contributed by atoms with Gasteiger partial charge in [0.1, 0.15) is 5.00 Å². The molecule has 0 saturated heterocycles. The molecular weight excluding hydrogens is 266 g/mol. The van der Waals surface area contributed by atoms with Crippen molar-refractivity contribution < 1.29 is 0 Å². The van der Waals surface area contributed by atoms with Crippen molar-refractivity contribution in [3.63, 3.8) is 0 Å². The predicted octanol–water partition coefficient (Wildman–Crippen LogP) is 3.78. The summed E-state index contributed by atoms with van der Waals surface area (Å²) in [5, 5.41) is 8.27. The van der Waals surface area contributed by atoms with Crippen LogP contribution >= 0.6 is 11.5 Å². The third-order valence-corrected chi connectivity index (χ3v) is 3.87. The van der Waals surface area contributed by atoms with Crippen LogP contribution in [0.3, 0.4) is 0 Å². The Balaban J connectivity index is 1.84. The number of rotatable bonds is 5. The first-order valence-electron chi connectivity index (χ1n) is 6.54. The van der Waals surface area contributed by atoms with Crippen LogP contribution in [-0.4, -0.2) is 16.1 Å². The van der Waals surface area contributed by atoms with Crippen LogP contribution in [0.5, 0.6) is 0 Å². The van der Waals surface area contributed by atoms with E-state index in [2.05, 4.69) is 63.4 Å². The summed E-state index contributed by atoms with van der Waals surface area (Å²) in [7, 11) is 0. The van der Waals surface area contributed by atoms with Gasteiger partial charge in [0.2, 0.25) is 0 Å². The van der Waals surface area contributed by atoms with Gasteiger partial charge in [-0.15, -0.1) is 5.10 Å². The minimum atomic E-state index is 0.319. The first-order chi connectivity index (χ1) is 9.93. The number of anilines is 1. The molecule has 1 heterocycles. The SMILES string of the molecule is c1ccc(C(CNc2cnns2)c2ccccc2)cc1. The van der Waals surface area contributed by atoms with Crippen LogP contribution in [0.25, 0.3) is 0 Å². The molecule has 1 N–H and O–H groups in total. The molecule has 1 aromatic heterocycles. The van der Waals surface area contributed by atoms with Crippen molar-refractivity contribution >= 4 is 16.5 Å². The molecule has 0 radical (unpaired) electrons. The monoisotopic (exact) mass is 281 g/mol. The summed E-state index contributed by atoms with van der Waals surface area (Å²) in [6, 6.07) is 21.1. The molecule has 100 valence electrons. The largest absolute Gasteiger partial charge is 0.373 e. The average molecular weight is 281 g/mol. The van der Waals surface area contributed by atoms with Crippen LogP contribution in [0.2, 0.25) is 0 Å². The molecule has 3 rings (SSSR count). The maximum absolute atomic E-state index is 3.87. The Labute approximate surface area is 122 Å². The van der Waals surface area contributed by atoms with E-state index >= 15 is 0 Å². The van der Waals surface area contributed by atoms with E-state index < -0.39 is 0 Å². The van der Waals surface area contributed by atoms with E-state index in [1.54, 1.807) is 6.20 Å². The summed E-state index contributed by atoms with van der Waals surface area (Å²) in [4.78, 5) is 0. The molecule has 0 aliphatic carbocycles. The van der Waals surface area contributed by atoms with Gasteiger partial charge in [0, 0.05) is 24.0 Å². The molecule has 0 saturated carbocycles. The Bertz CT molecular complexity index is 584. The van der Waals surface area contributed by atoms with Crippen LogP contribution in [0, 0.1) is 0 Å². The van der Waals surface area contributed by atoms with Gasteiger partial charge in [-0.25, -0.2) is 0 Å². The number of aromatic nitrogens is 2. The summed E-state index contributed by atoms with van der Waals surface area (Å²) in [6.45, 7) is 0.831. The molecule has 0 amide bonds. The van der Waals surface area contributed by atoms with Crippen LogP contribution in [0.1, 0.15) is 17.0 Å². The van der Waals surface area contributed by atoms with Crippen molar-refractivity contribution in [3.8, 4) is 0 Å². The Morgan fingerprint density at radius 3 is 2.00 bits per heavy atom. The van der Waals surface area contributed by atoms with Crippen LogP contribution in [0.4, 0.5) is 5.00 Å². The first kappa shape index (κ1) is 12.8. The van der Waals surface area contributed by atoms with Gasteiger partial charge in [0.25, 0.3) is 0 Å². The lowest BCUT2D eigenvalue weighted by Crippen LogP contribution is -2.13. The normalized spacial score (nSPS) is 10.7. The van der Waals surface area contributed by atoms with Crippen molar-refractivity contribution in [2.75, 3.05) is 11.9 Å². The molecule has 0 aliphatic heterocycles. The van der Waals surface area contributed by atoms with Crippen molar-refractivity contribution in [2.24, 2.45) is 0 Å². The predicted molar refractivity (Wildman–Crippen MR) is 83.1 cm³/mol. The summed E-state index contributed by atoms with van der Waals surface area (Å²) in [5.41, 5.74) is 2.62. The third-order valence-electron chi connectivity index (χ3n) is 3.25. The molecule has 4 heteroatoms. The maximum Gasteiger partial charge on any atom is 0.130 e. The minimum absolute atomic E-state index is 0.319. The van der Waals surface area contributed by atoms with E-state index in [9.17, 15) is 0 Å². The lowest BCUT2D eigenvalue weighted by Gasteiger charge is -2.18. The van der Waals surface area contributed by atoms with E-state index in [4.69, 9.17) is 0 Å². The molecule has 0 unspecified atom stereocenters. The van der Waals surface area contributed by atoms with Gasteiger partial charge in [-0.2, -0.15) is 0 Å². The lowest BCUT2D eigenvalue weighted by atomic mass is 9.91. The average Bonchev–Trinajstić information content (AvgIpc) is 3.03. The summed E-state index contributed by atoms with van der Waals surface area (Å²) in [6.07, 6.45) is 1.76. The molecule has 3 nitrogen and oxygen atoms in total. The minimum Gasteiger partial charge on any atom is -0.373 e. The zero-order valence-electron chi connectivity index (χ0n) is 10.9. The highest BCUT2D eigenvalue weighted by molar-refractivity contribution is 7.09. The van der Waals surface area contributed by atoms with E-state index in [-0.39, 0.29) is 0 Å². The zero-order valence-corrected chi connectivity index (χ0v) is 11.8. The Morgan fingerprint density at radius 1 is 0.900 bits per heavy atom. The molecular formula is C16H15N3S. The molecule has 3 aromatic rings. The second kappa shape index (κ2) is 6.30. The fraction of sp³-hybridized carbons (Fsp3) is 0.125. The summed E-state index contributed by atoms with van der Waals surface area (Å²) < 4.78 is 3.87. The highest BCUT2D eigenvalue weighted by Crippen LogP contribution is 2.25. The molecule has 20 heavy (non-hydrogen) atoms. The molecule has 0 aliphatic rings. The van der Waals surface area contributed by atoms with E-state index in [0.29, 0.717) is 5.92 Å². The molecule has 0 bridgehead atoms. The number of hydrogen-bond acceptors (Lipinski definition) is 4. The first-order valence-corrected chi connectivity index (χ1v) is 7.32. The van der Waals surface area contributed by atoms with Crippen molar-refractivity contribution in [2.45, 2.75) is 5.92 Å². The quantitative estimate of drug-likeness (QED) is 0.773. The fourth-order valence-electron chi connectivity index (χ4n) is 2.25. The number of nitrogens with zero attached hydrogens (tertiary/aromatic N) is 2. The molecule has 0 fully saturated rings. The van der Waals surface area contributed by atoms with E-state index in [1.165, 1.54) is 22.7 Å². The van der Waals surface area contributed by atoms with Crippen molar-refractivity contribution in [1.29, 1.82) is 0 Å². The van der Waals surface area contributed by atoms with Gasteiger partial charge in [-0.1, -0.05) is 65.2 Å². The standard InChI is InChI=1S/C16H15N3S/c1-3-7-13(8-4-1)15(14-9-5-2-6-10-14)11-17-16-12-18-19-20-16/h1-10,12,15,17H,11H2. The molecule has 0 spiro atoms. The maximum atomic E-state index is 3.87. The highest BCUT2D eigenvalue weighted by Gasteiger charge is 2.13. The van der Waals surface area contributed by atoms with E-state index in [0.717, 1.165) is 11.5 Å².